The van der Waals surface area contributed by atoms with Crippen molar-refractivity contribution in [3.05, 3.63) is 29.8 Å². The van der Waals surface area contributed by atoms with Gasteiger partial charge in [0.25, 0.3) is 0 Å². The number of carbonyl (C=O) groups excluding carboxylic acids is 9. The molecular formula is C46H75N13O15S2. The minimum Gasteiger partial charge on any atom is -0.508 e. The fourth-order valence-corrected chi connectivity index (χ4v) is 7.42. The minimum absolute atomic E-state index is 0.0402. The van der Waals surface area contributed by atoms with Crippen molar-refractivity contribution < 1.29 is 73.2 Å². The number of benzene rings is 1. The maximum absolute atomic E-state index is 14.3. The molecule has 0 aliphatic heterocycles. The Bertz CT molecular complexity index is 2200. The molecule has 0 bridgehead atoms. The lowest BCUT2D eigenvalue weighted by Gasteiger charge is -2.30. The van der Waals surface area contributed by atoms with E-state index in [0.29, 0.717) is 5.56 Å². The van der Waals surface area contributed by atoms with Crippen LogP contribution in [-0.4, -0.2) is 170 Å². The summed E-state index contributed by atoms with van der Waals surface area (Å²) in [5.41, 5.74) is 22.1. The van der Waals surface area contributed by atoms with Crippen molar-refractivity contribution >= 4 is 96.3 Å². The third-order valence-corrected chi connectivity index (χ3v) is 12.2. The highest BCUT2D eigenvalue weighted by molar-refractivity contribution is 7.80. The number of carboxylic acids is 2. The Morgan fingerprint density at radius 1 is 0.605 bits per heavy atom. The summed E-state index contributed by atoms with van der Waals surface area (Å²) in [7, 11) is 0. The molecule has 1 aromatic carbocycles. The maximum atomic E-state index is 14.3. The van der Waals surface area contributed by atoms with E-state index in [1.807, 2.05) is 0 Å². The Labute approximate surface area is 450 Å². The third-order valence-electron chi connectivity index (χ3n) is 11.4. The fourth-order valence-electron chi connectivity index (χ4n) is 7.00. The SMILES string of the molecule is CC[C@H](C)[C@H](NC(=O)[C@H](Cc1ccc(O)cc1)NC(=O)[C@H](CC(N)=O)NC(=O)[C@H](CS)NC(=O)[C@@H](N)CS)C(=O)N[C@H](C(=O)N[C@@H](CCC(=O)O)C(=O)N[C@@H](CC(C)C)C(=O)N[C@@H](CCCN=C(N)N)C(=O)O)[C@@H](C)O. The summed E-state index contributed by atoms with van der Waals surface area (Å²) in [5.74, 6) is -13.7. The number of nitrogens with one attached hydrogen (secondary N) is 8. The van der Waals surface area contributed by atoms with Crippen LogP contribution in [0.5, 0.6) is 5.75 Å². The van der Waals surface area contributed by atoms with Crippen molar-refractivity contribution in [1.82, 2.24) is 42.5 Å². The lowest BCUT2D eigenvalue weighted by molar-refractivity contribution is -0.142. The molecule has 11 atom stereocenters. The zero-order chi connectivity index (χ0) is 58.0. The van der Waals surface area contributed by atoms with Gasteiger partial charge < -0.3 is 85.9 Å². The monoisotopic (exact) mass is 1110 g/mol. The number of aliphatic hydroxyl groups excluding tert-OH is 1. The number of hydrogen-bond acceptors (Lipinski definition) is 17. The number of guanidine groups is 1. The molecule has 0 aliphatic carbocycles. The topological polar surface area (TPSA) is 481 Å². The van der Waals surface area contributed by atoms with Crippen molar-refractivity contribution in [2.24, 2.45) is 39.8 Å². The van der Waals surface area contributed by atoms with Gasteiger partial charge in [0.05, 0.1) is 18.6 Å². The van der Waals surface area contributed by atoms with Gasteiger partial charge in [-0.15, -0.1) is 0 Å². The van der Waals surface area contributed by atoms with Gasteiger partial charge in [-0.1, -0.05) is 46.2 Å². The van der Waals surface area contributed by atoms with Gasteiger partial charge in [-0.3, -0.25) is 52.9 Å². The molecule has 0 unspecified atom stereocenters. The molecule has 0 heterocycles. The number of nitrogens with two attached hydrogens (primary N) is 4. The Kier molecular flexibility index (Phi) is 29.9. The second-order valence-corrected chi connectivity index (χ2v) is 19.1. The first-order chi connectivity index (χ1) is 35.5. The molecule has 1 rings (SSSR count). The third kappa shape index (κ3) is 24.6. The molecule has 0 saturated heterocycles. The van der Waals surface area contributed by atoms with Crippen LogP contribution in [0.15, 0.2) is 29.3 Å². The number of aliphatic imine (C=N–C) groups is 1. The fraction of sp³-hybridized carbons (Fsp3) is 0.609. The van der Waals surface area contributed by atoms with Gasteiger partial charge >= 0.3 is 11.9 Å². The predicted octanol–water partition coefficient (Wildman–Crippen LogP) is -4.65. The van der Waals surface area contributed by atoms with Crippen LogP contribution in [0.3, 0.4) is 0 Å². The van der Waals surface area contributed by atoms with Crippen molar-refractivity contribution in [3.8, 4) is 5.75 Å². The van der Waals surface area contributed by atoms with E-state index in [0.717, 1.165) is 6.92 Å². The molecule has 28 nitrogen and oxygen atoms in total. The number of rotatable bonds is 35. The van der Waals surface area contributed by atoms with Crippen LogP contribution < -0.4 is 65.5 Å². The summed E-state index contributed by atoms with van der Waals surface area (Å²) in [5, 5.41) is 59.2. The zero-order valence-corrected chi connectivity index (χ0v) is 44.7. The number of thiol groups is 2. The van der Waals surface area contributed by atoms with Crippen LogP contribution in [0, 0.1) is 11.8 Å². The molecule has 0 aliphatic rings. The second-order valence-electron chi connectivity index (χ2n) is 18.3. The highest BCUT2D eigenvalue weighted by Gasteiger charge is 2.38. The number of phenolic OH excluding ortho intramolecular Hbond substituents is 1. The first-order valence-electron chi connectivity index (χ1n) is 24.2. The standard InChI is InChI=1S/C46H75N13O15S2/c1-6-22(4)35(58-41(69)30(17-24-9-11-25(61)12-10-24)55-40(68)31(18-33(48)62)56-42(70)32(20-76)57-37(65)26(47)19-75)43(71)59-36(23(5)60)44(72)52-27(13-14-34(63)64)38(66)54-29(16-21(2)3)39(67)53-28(45(73)74)8-7-15-51-46(49)50/h9-12,21-23,26-32,35-36,60-61,75-76H,6-8,13-20,47H2,1-5H3,(H2,48,62)(H,52,72)(H,53,67)(H,54,66)(H,55,68)(H,56,70)(H,57,65)(H,58,69)(H,59,71)(H,63,64)(H,73,74)(H4,49,50,51)/t22-,23+,26-,27-,28-,29-,30-,31-,32-,35-,36-/m0/s1. The summed E-state index contributed by atoms with van der Waals surface area (Å²) in [6.45, 7) is 7.79. The van der Waals surface area contributed by atoms with E-state index < -0.39 is 151 Å². The Balaban J connectivity index is 3.55. The molecule has 0 spiro atoms. The highest BCUT2D eigenvalue weighted by Crippen LogP contribution is 2.15. The van der Waals surface area contributed by atoms with Crippen LogP contribution in [0.2, 0.25) is 0 Å². The van der Waals surface area contributed by atoms with Gasteiger partial charge in [0, 0.05) is 30.9 Å². The molecule has 426 valence electrons. The molecule has 1 aromatic rings. The van der Waals surface area contributed by atoms with Gasteiger partial charge in [-0.2, -0.15) is 25.3 Å². The Morgan fingerprint density at radius 3 is 1.61 bits per heavy atom. The highest BCUT2D eigenvalue weighted by atomic mass is 32.1. The van der Waals surface area contributed by atoms with Crippen LogP contribution >= 0.6 is 25.3 Å². The average Bonchev–Trinajstić information content (AvgIpc) is 3.34. The van der Waals surface area contributed by atoms with E-state index in [1.54, 1.807) is 27.7 Å². The number of hydrogen-bond donors (Lipinski definition) is 18. The van der Waals surface area contributed by atoms with E-state index in [1.165, 1.54) is 24.3 Å². The normalized spacial score (nSPS) is 15.4. The molecule has 0 radical (unpaired) electrons. The van der Waals surface area contributed by atoms with Crippen LogP contribution in [0.4, 0.5) is 0 Å². The molecule has 20 N–H and O–H groups in total. The number of aromatic hydroxyl groups is 1. The van der Waals surface area contributed by atoms with Crippen molar-refractivity contribution in [1.29, 1.82) is 0 Å². The van der Waals surface area contributed by atoms with Gasteiger partial charge in [0.15, 0.2) is 5.96 Å². The molecule has 0 saturated carbocycles. The number of amides is 9. The molecule has 0 fully saturated rings. The van der Waals surface area contributed by atoms with E-state index in [4.69, 9.17) is 22.9 Å². The summed E-state index contributed by atoms with van der Waals surface area (Å²) in [4.78, 5) is 149. The zero-order valence-electron chi connectivity index (χ0n) is 42.9. The predicted molar refractivity (Wildman–Crippen MR) is 282 cm³/mol. The van der Waals surface area contributed by atoms with E-state index >= 15 is 0 Å². The minimum atomic E-state index is -1.88. The van der Waals surface area contributed by atoms with Crippen molar-refractivity contribution in [2.75, 3.05) is 18.1 Å². The van der Waals surface area contributed by atoms with Crippen molar-refractivity contribution in [2.45, 2.75) is 146 Å². The quantitative estimate of drug-likeness (QED) is 0.0132. The van der Waals surface area contributed by atoms with E-state index in [-0.39, 0.29) is 67.8 Å². The summed E-state index contributed by atoms with van der Waals surface area (Å²) in [6, 6.07) is -8.34. The van der Waals surface area contributed by atoms with Gasteiger partial charge in [0.1, 0.15) is 54.1 Å². The molecular weight excluding hydrogens is 1040 g/mol. The number of aliphatic hydroxyl groups is 1. The first kappa shape index (κ1) is 67.1. The van der Waals surface area contributed by atoms with E-state index in [9.17, 15) is 73.2 Å². The van der Waals surface area contributed by atoms with Crippen LogP contribution in [0.1, 0.15) is 85.1 Å². The number of phenols is 1. The number of nitrogens with zero attached hydrogens (tertiary/aromatic N) is 1. The lowest BCUT2D eigenvalue weighted by atomic mass is 9.96. The second kappa shape index (κ2) is 33.9. The number of aliphatic carboxylic acids is 2. The van der Waals surface area contributed by atoms with Gasteiger partial charge in [-0.05, 0) is 62.1 Å². The number of carboxylic acid groups (broad SMARTS) is 2. The Morgan fingerprint density at radius 2 is 1.09 bits per heavy atom. The van der Waals surface area contributed by atoms with E-state index in [2.05, 4.69) is 72.8 Å². The van der Waals surface area contributed by atoms with Crippen LogP contribution in [-0.2, 0) is 59.2 Å². The van der Waals surface area contributed by atoms with Gasteiger partial charge in [0.2, 0.25) is 53.2 Å². The Hall–Kier alpha value is -6.92. The number of carbonyl (C=O) groups is 11. The average molecular weight is 1110 g/mol. The van der Waals surface area contributed by atoms with Gasteiger partial charge in [-0.25, -0.2) is 4.79 Å². The molecule has 76 heavy (non-hydrogen) atoms. The largest absolute Gasteiger partial charge is 0.508 e. The van der Waals surface area contributed by atoms with Crippen LogP contribution in [0.25, 0.3) is 0 Å². The maximum Gasteiger partial charge on any atom is 0.326 e. The number of primary amides is 1. The molecule has 0 aromatic heterocycles. The lowest BCUT2D eigenvalue weighted by Crippen LogP contribution is -2.63. The summed E-state index contributed by atoms with van der Waals surface area (Å²) >= 11 is 8.04. The summed E-state index contributed by atoms with van der Waals surface area (Å²) in [6.07, 6.45) is -3.85. The smallest absolute Gasteiger partial charge is 0.326 e. The molecule has 9 amide bonds. The van der Waals surface area contributed by atoms with Crippen molar-refractivity contribution in [3.63, 3.8) is 0 Å². The summed E-state index contributed by atoms with van der Waals surface area (Å²) < 4.78 is 0. The molecule has 30 heteroatoms. The first-order valence-corrected chi connectivity index (χ1v) is 25.5.